The maximum atomic E-state index is 11.5. The molecule has 0 aromatic carbocycles. The van der Waals surface area contributed by atoms with Crippen molar-refractivity contribution in [3.8, 4) is 0 Å². The molecule has 8 N–H and O–H groups in total. The van der Waals surface area contributed by atoms with E-state index in [1.165, 1.54) is 0 Å². The van der Waals surface area contributed by atoms with Crippen LogP contribution in [0.3, 0.4) is 0 Å². The Morgan fingerprint density at radius 3 is 0.898 bits per heavy atom. The van der Waals surface area contributed by atoms with Crippen LogP contribution < -0.4 is 0 Å². The molecule has 0 aliphatic carbocycles. The summed E-state index contributed by atoms with van der Waals surface area (Å²) in [7, 11) is -15.6. The molecule has 0 spiro atoms. The highest BCUT2D eigenvalue weighted by Crippen LogP contribution is 2.25. The van der Waals surface area contributed by atoms with E-state index in [2.05, 4.69) is 0 Å². The second kappa shape index (κ2) is 19.3. The van der Waals surface area contributed by atoms with Crippen molar-refractivity contribution in [3.05, 3.63) is 0 Å². The smallest absolute Gasteiger partial charge is 0.391 e. The first kappa shape index (κ1) is 49.0. The van der Waals surface area contributed by atoms with Gasteiger partial charge in [-0.05, 0) is 0 Å². The van der Waals surface area contributed by atoms with E-state index in [0.29, 0.717) is 39.3 Å². The molecule has 0 fully saturated rings. The van der Waals surface area contributed by atoms with E-state index < -0.39 is 74.0 Å². The molecule has 0 saturated heterocycles. The van der Waals surface area contributed by atoms with Crippen LogP contribution in [0.5, 0.6) is 0 Å². The van der Waals surface area contributed by atoms with Crippen molar-refractivity contribution in [2.24, 2.45) is 0 Å². The Balaban J connectivity index is 5.58. The van der Waals surface area contributed by atoms with Gasteiger partial charge in [0.1, 0.15) is 0 Å². The third-order valence-electron chi connectivity index (χ3n) is 7.93. The fraction of sp³-hybridized carbons (Fsp3) is 1.00. The van der Waals surface area contributed by atoms with Gasteiger partial charge < -0.3 is 45.7 Å². The van der Waals surface area contributed by atoms with Crippen LogP contribution in [0, 0.1) is 0 Å². The van der Waals surface area contributed by atoms with E-state index in [1.54, 1.807) is 42.3 Å². The van der Waals surface area contributed by atoms with Crippen LogP contribution in [-0.2, 0) is 38.6 Å². The number of hydrogen-bond donors (Lipinski definition) is 8. The molecule has 0 rings (SSSR count). The highest BCUT2D eigenvalue weighted by molar-refractivity contribution is 7.86. The number of quaternary nitrogens is 3. The van der Waals surface area contributed by atoms with Gasteiger partial charge in [0.2, 0.25) is 0 Å². The molecule has 19 nitrogen and oxygen atoms in total. The average molecular weight is 829 g/mol. The number of rotatable bonds is 28. The molecule has 49 heavy (non-hydrogen) atoms. The van der Waals surface area contributed by atoms with Gasteiger partial charge in [-0.15, -0.1) is 0 Å². The minimum absolute atomic E-state index is 0.155. The monoisotopic (exact) mass is 828 g/mol. The predicted octanol–water partition coefficient (Wildman–Crippen LogP) is -1.97. The highest BCUT2D eigenvalue weighted by Gasteiger charge is 2.53. The standard InChI is InChI=1S/C24H59N3O16S3Si3/c1-25(2,13-7-19-44(28,29)30)16-10-22-47(37,38)42-49(41,24-12-18-27(5,6)15-9-21-46(34,35)36)43-48(39,40)23-11-17-26(3,4)14-8-20-45(31,32)33/h37-41H,7-24H2,1-6H3/p+3. The second-order valence-corrected chi connectivity index (χ2v) is 27.0. The summed E-state index contributed by atoms with van der Waals surface area (Å²) in [5, 5.41) is 0. The topological polar surface area (TPSA) is 283 Å². The first-order valence-corrected chi connectivity index (χ1v) is 26.8. The van der Waals surface area contributed by atoms with E-state index in [4.69, 9.17) is 21.9 Å². The Hall–Kier alpha value is -0.0194. The molecule has 0 aliphatic heterocycles. The quantitative estimate of drug-likeness (QED) is 0.0241. The summed E-state index contributed by atoms with van der Waals surface area (Å²) in [6.45, 7) is 2.12. The van der Waals surface area contributed by atoms with Gasteiger partial charge in [0.15, 0.2) is 0 Å². The van der Waals surface area contributed by atoms with Crippen molar-refractivity contribution in [2.45, 2.75) is 56.7 Å². The summed E-state index contributed by atoms with van der Waals surface area (Å²) < 4.78 is 105. The van der Waals surface area contributed by atoms with Crippen molar-refractivity contribution in [2.75, 3.05) is 98.8 Å². The van der Waals surface area contributed by atoms with Gasteiger partial charge in [0, 0.05) is 56.7 Å². The lowest BCUT2D eigenvalue weighted by Crippen LogP contribution is -2.61. The molecular formula is C24H62N3O16S3Si3+3. The average Bonchev–Trinajstić information content (AvgIpc) is 2.79. The Bertz CT molecular complexity index is 1260. The largest absolute Gasteiger partial charge is 0.488 e. The summed E-state index contributed by atoms with van der Waals surface area (Å²) in [6, 6.07) is -0.861. The van der Waals surface area contributed by atoms with Crippen molar-refractivity contribution < 1.29 is 84.6 Å². The van der Waals surface area contributed by atoms with Gasteiger partial charge >= 0.3 is 26.4 Å². The Morgan fingerprint density at radius 2 is 0.653 bits per heavy atom. The summed E-state index contributed by atoms with van der Waals surface area (Å²) in [4.78, 5) is 54.9. The highest BCUT2D eigenvalue weighted by atomic mass is 32.2. The van der Waals surface area contributed by atoms with Crippen LogP contribution in [-0.4, -0.2) is 202 Å². The number of hydrogen-bond acceptors (Lipinski definition) is 13. The lowest BCUT2D eigenvalue weighted by molar-refractivity contribution is -0.890. The van der Waals surface area contributed by atoms with Gasteiger partial charge in [0.05, 0.1) is 98.8 Å². The maximum Gasteiger partial charge on any atom is 0.488 e. The molecule has 0 heterocycles. The lowest BCUT2D eigenvalue weighted by Gasteiger charge is -2.36. The molecule has 0 aromatic heterocycles. The zero-order chi connectivity index (χ0) is 38.6. The van der Waals surface area contributed by atoms with Crippen molar-refractivity contribution in [1.29, 1.82) is 0 Å². The molecule has 0 bridgehead atoms. The van der Waals surface area contributed by atoms with Crippen LogP contribution in [0.15, 0.2) is 0 Å². The Morgan fingerprint density at radius 1 is 0.429 bits per heavy atom. The zero-order valence-corrected chi connectivity index (χ0v) is 35.1. The minimum Gasteiger partial charge on any atom is -0.391 e. The van der Waals surface area contributed by atoms with Gasteiger partial charge in [-0.1, -0.05) is 0 Å². The molecular weight excluding hydrogens is 767 g/mol. The normalized spacial score (nSPS) is 14.8. The van der Waals surface area contributed by atoms with Crippen LogP contribution in [0.1, 0.15) is 38.5 Å². The number of nitrogens with zero attached hydrogens (tertiary/aromatic N) is 3. The van der Waals surface area contributed by atoms with Crippen molar-refractivity contribution >= 4 is 56.8 Å². The lowest BCUT2D eigenvalue weighted by atomic mass is 10.3. The summed E-state index contributed by atoms with van der Waals surface area (Å²) in [5.74, 6) is -1.26. The molecule has 0 amide bonds. The zero-order valence-electron chi connectivity index (χ0n) is 29.6. The molecule has 0 unspecified atom stereocenters. The third kappa shape index (κ3) is 28.2. The van der Waals surface area contributed by atoms with Gasteiger partial charge in [-0.25, -0.2) is 0 Å². The fourth-order valence-electron chi connectivity index (χ4n) is 5.30. The third-order valence-corrected chi connectivity index (χ3v) is 18.5. The molecule has 296 valence electrons. The molecule has 0 atom stereocenters. The van der Waals surface area contributed by atoms with E-state index in [0.717, 1.165) is 0 Å². The molecule has 0 saturated carbocycles. The van der Waals surface area contributed by atoms with E-state index in [9.17, 15) is 49.2 Å². The van der Waals surface area contributed by atoms with E-state index >= 15 is 0 Å². The van der Waals surface area contributed by atoms with Gasteiger partial charge in [-0.2, -0.15) is 25.3 Å². The molecule has 0 aromatic rings. The Labute approximate surface area is 295 Å². The first-order valence-electron chi connectivity index (χ1n) is 16.0. The van der Waals surface area contributed by atoms with Crippen LogP contribution in [0.2, 0.25) is 18.1 Å². The summed E-state index contributed by atoms with van der Waals surface area (Å²) >= 11 is 0. The Kier molecular flexibility index (Phi) is 19.3. The van der Waals surface area contributed by atoms with Crippen LogP contribution in [0.25, 0.3) is 0 Å². The fourth-order valence-corrected chi connectivity index (χ4v) is 14.9. The molecule has 0 radical (unpaired) electrons. The maximum absolute atomic E-state index is 11.5. The van der Waals surface area contributed by atoms with Gasteiger partial charge in [-0.3, -0.25) is 13.7 Å². The van der Waals surface area contributed by atoms with Crippen molar-refractivity contribution in [1.82, 2.24) is 0 Å². The first-order chi connectivity index (χ1) is 21.7. The van der Waals surface area contributed by atoms with Crippen LogP contribution >= 0.6 is 0 Å². The molecule has 0 aliphatic rings. The van der Waals surface area contributed by atoms with E-state index in [1.807, 2.05) is 0 Å². The molecule has 25 heteroatoms. The van der Waals surface area contributed by atoms with Gasteiger partial charge in [0.25, 0.3) is 30.4 Å². The van der Waals surface area contributed by atoms with Crippen LogP contribution in [0.4, 0.5) is 0 Å². The second-order valence-electron chi connectivity index (χ2n) is 14.8. The summed E-state index contributed by atoms with van der Waals surface area (Å²) in [6.07, 6.45) is 1.04. The van der Waals surface area contributed by atoms with E-state index in [-0.39, 0.29) is 70.1 Å². The predicted molar refractivity (Wildman–Crippen MR) is 187 cm³/mol. The van der Waals surface area contributed by atoms with Crippen molar-refractivity contribution in [3.63, 3.8) is 0 Å². The summed E-state index contributed by atoms with van der Waals surface area (Å²) in [5.41, 5.74) is 0. The minimum atomic E-state index is -4.68. The SMILES string of the molecule is C[N+](C)(CCC[Si](O)(O)O[Si](O)(CCC[N+](C)(C)CCCS(=O)(=O)O)O[Si](O)(O)CCC[N+](C)(C)CCCS(=O)(=O)O)CCCS(=O)(=O)O.